The third-order valence-electron chi connectivity index (χ3n) is 8.36. The Labute approximate surface area is 225 Å². The van der Waals surface area contributed by atoms with Gasteiger partial charge < -0.3 is 20.5 Å². The van der Waals surface area contributed by atoms with Crippen molar-refractivity contribution >= 4 is 40.0 Å². The topological polar surface area (TPSA) is 131 Å². The van der Waals surface area contributed by atoms with Gasteiger partial charge in [0.05, 0.1) is 23.4 Å². The molecule has 1 amide bonds. The maximum atomic E-state index is 13.5. The van der Waals surface area contributed by atoms with Gasteiger partial charge in [0.2, 0.25) is 5.91 Å². The summed E-state index contributed by atoms with van der Waals surface area (Å²) in [4.78, 5) is 40.7. The summed E-state index contributed by atoms with van der Waals surface area (Å²) in [5.74, 6) is -0.220. The summed E-state index contributed by atoms with van der Waals surface area (Å²) >= 11 is 1.42. The quantitative estimate of drug-likeness (QED) is 0.388. The number of carbonyl (C=O) groups is 2. The third kappa shape index (κ3) is 4.71. The minimum absolute atomic E-state index is 0.0422. The van der Waals surface area contributed by atoms with Crippen molar-refractivity contribution in [3.63, 3.8) is 0 Å². The second-order valence-corrected chi connectivity index (χ2v) is 11.7. The summed E-state index contributed by atoms with van der Waals surface area (Å²) in [5.41, 5.74) is 1.20. The number of imidazole rings is 1. The molecule has 1 aliphatic heterocycles. The molecule has 3 aromatic rings. The molecular weight excluding hydrogens is 504 g/mol. The number of aliphatic hydroxyl groups is 1. The van der Waals surface area contributed by atoms with Gasteiger partial charge in [-0.25, -0.2) is 15.0 Å². The van der Waals surface area contributed by atoms with Crippen LogP contribution in [0.25, 0.3) is 11.2 Å². The molecule has 0 aromatic carbocycles. The molecule has 3 aliphatic rings. The van der Waals surface area contributed by atoms with Crippen molar-refractivity contribution in [3.05, 3.63) is 35.0 Å². The van der Waals surface area contributed by atoms with Crippen molar-refractivity contribution in [2.75, 3.05) is 5.32 Å². The summed E-state index contributed by atoms with van der Waals surface area (Å²) in [6.45, 7) is 1.84. The van der Waals surface area contributed by atoms with E-state index in [-0.39, 0.29) is 17.6 Å². The molecule has 38 heavy (non-hydrogen) atoms. The molecule has 202 valence electrons. The second kappa shape index (κ2) is 10.7. The number of aromatic nitrogens is 4. The molecule has 3 fully saturated rings. The summed E-state index contributed by atoms with van der Waals surface area (Å²) in [6, 6.07) is 3.44. The lowest BCUT2D eigenvalue weighted by atomic mass is 9.76. The summed E-state index contributed by atoms with van der Waals surface area (Å²) in [7, 11) is 0. The predicted octanol–water partition coefficient (Wildman–Crippen LogP) is 3.69. The first-order valence-corrected chi connectivity index (χ1v) is 14.5. The van der Waals surface area contributed by atoms with E-state index in [0.717, 1.165) is 25.7 Å². The van der Waals surface area contributed by atoms with Crippen LogP contribution in [-0.2, 0) is 9.53 Å². The Morgan fingerprint density at radius 2 is 1.84 bits per heavy atom. The van der Waals surface area contributed by atoms with Crippen LogP contribution in [0.15, 0.2) is 30.2 Å². The van der Waals surface area contributed by atoms with Crippen LogP contribution in [0.5, 0.6) is 0 Å². The average molecular weight is 539 g/mol. The van der Waals surface area contributed by atoms with E-state index in [2.05, 4.69) is 25.6 Å². The molecule has 6 rings (SSSR count). The largest absolute Gasteiger partial charge is 0.386 e. The van der Waals surface area contributed by atoms with Crippen LogP contribution in [0, 0.1) is 11.8 Å². The Hall–Kier alpha value is -2.89. The molecule has 0 radical (unpaired) electrons. The smallest absolute Gasteiger partial charge is 0.224 e. The highest BCUT2D eigenvalue weighted by Crippen LogP contribution is 2.36. The predicted molar refractivity (Wildman–Crippen MR) is 143 cm³/mol. The number of fused-ring (bicyclic) bond motifs is 1. The molecule has 3 N–H and O–H groups in total. The lowest BCUT2D eigenvalue weighted by molar-refractivity contribution is -0.128. The van der Waals surface area contributed by atoms with Gasteiger partial charge in [0.15, 0.2) is 29.0 Å². The number of rotatable bonds is 7. The van der Waals surface area contributed by atoms with E-state index < -0.39 is 30.4 Å². The fourth-order valence-corrected chi connectivity index (χ4v) is 7.04. The van der Waals surface area contributed by atoms with Crippen molar-refractivity contribution < 1.29 is 19.4 Å². The Kier molecular flexibility index (Phi) is 7.15. The highest BCUT2D eigenvalue weighted by atomic mass is 32.1. The first-order valence-electron chi connectivity index (χ1n) is 13.7. The fourth-order valence-electron chi connectivity index (χ4n) is 6.31. The molecule has 0 bridgehead atoms. The molecule has 1 saturated heterocycles. The molecule has 0 unspecified atom stereocenters. The zero-order chi connectivity index (χ0) is 26.2. The number of ketones is 1. The van der Waals surface area contributed by atoms with Crippen molar-refractivity contribution in [2.24, 2.45) is 11.8 Å². The van der Waals surface area contributed by atoms with Crippen molar-refractivity contribution in [1.29, 1.82) is 0 Å². The van der Waals surface area contributed by atoms with Crippen LogP contribution in [0.4, 0.5) is 5.82 Å². The molecule has 2 saturated carbocycles. The number of hydrogen-bond acceptors (Lipinski definition) is 9. The number of carbonyl (C=O) groups excluding carboxylic acids is 2. The molecule has 6 atom stereocenters. The first-order chi connectivity index (χ1) is 18.5. The summed E-state index contributed by atoms with van der Waals surface area (Å²) in [6.07, 6.45) is 8.73. The normalized spacial score (nSPS) is 30.1. The van der Waals surface area contributed by atoms with Crippen LogP contribution >= 0.6 is 11.3 Å². The molecule has 2 aliphatic carbocycles. The lowest BCUT2D eigenvalue weighted by Crippen LogP contribution is -2.50. The monoisotopic (exact) mass is 538 g/mol. The van der Waals surface area contributed by atoms with Crippen molar-refractivity contribution in [3.8, 4) is 0 Å². The number of nitrogens with zero attached hydrogens (tertiary/aromatic N) is 4. The second-order valence-electron chi connectivity index (χ2n) is 10.8. The highest BCUT2D eigenvalue weighted by Gasteiger charge is 2.46. The van der Waals surface area contributed by atoms with E-state index in [1.54, 1.807) is 10.9 Å². The van der Waals surface area contributed by atoms with E-state index in [1.807, 2.05) is 24.4 Å². The third-order valence-corrected chi connectivity index (χ3v) is 9.25. The lowest BCUT2D eigenvalue weighted by Gasteiger charge is -2.31. The first kappa shape index (κ1) is 25.4. The fraction of sp³-hybridized carbons (Fsp3) is 0.593. The molecule has 10 nitrogen and oxygen atoms in total. The van der Waals surface area contributed by atoms with E-state index in [9.17, 15) is 14.7 Å². The number of anilines is 1. The minimum Gasteiger partial charge on any atom is -0.386 e. The molecule has 4 heterocycles. The van der Waals surface area contributed by atoms with Gasteiger partial charge in [-0.1, -0.05) is 31.7 Å². The molecule has 11 heteroatoms. The number of amides is 1. The van der Waals surface area contributed by atoms with Gasteiger partial charge >= 0.3 is 0 Å². The average Bonchev–Trinajstić information content (AvgIpc) is 3.74. The standard InChI is InChI=1S/C27H34N6O4S/c1-15-20(32-26(36)18-10-5-4-9-17(18)22(34)19-11-6-12-38-19)23(35)27(37-15)33-14-30-21-24(28-13-29-25(21)33)31-16-7-2-3-8-16/h6,11-18,20,23,27,35H,2-5,7-10H2,1H3,(H,32,36)(H,28,29,31)/t15-,17+,18-,20+,23-,27-/m1/s1. The van der Waals surface area contributed by atoms with E-state index in [0.29, 0.717) is 40.7 Å². The van der Waals surface area contributed by atoms with Crippen LogP contribution in [-0.4, -0.2) is 60.6 Å². The Balaban J connectivity index is 1.18. The Bertz CT molecular complexity index is 1290. The number of thiophene rings is 1. The van der Waals surface area contributed by atoms with E-state index in [1.165, 1.54) is 30.5 Å². The van der Waals surface area contributed by atoms with Gasteiger partial charge in [0, 0.05) is 17.9 Å². The maximum absolute atomic E-state index is 13.5. The highest BCUT2D eigenvalue weighted by molar-refractivity contribution is 7.12. The van der Waals surface area contributed by atoms with E-state index >= 15 is 0 Å². The van der Waals surface area contributed by atoms with Crippen LogP contribution in [0.2, 0.25) is 0 Å². The van der Waals surface area contributed by atoms with Crippen molar-refractivity contribution in [1.82, 2.24) is 24.8 Å². The van der Waals surface area contributed by atoms with Gasteiger partial charge in [-0.3, -0.25) is 14.2 Å². The van der Waals surface area contributed by atoms with Gasteiger partial charge in [-0.2, -0.15) is 0 Å². The number of aliphatic hydroxyl groups excluding tert-OH is 1. The van der Waals surface area contributed by atoms with Gasteiger partial charge in [0.1, 0.15) is 12.4 Å². The zero-order valence-corrected chi connectivity index (χ0v) is 22.3. The van der Waals surface area contributed by atoms with Crippen LogP contribution in [0.3, 0.4) is 0 Å². The number of hydrogen-bond donors (Lipinski definition) is 3. The number of Topliss-reactive ketones (excluding diaryl/α,β-unsaturated/α-hetero) is 1. The Morgan fingerprint density at radius 1 is 1.08 bits per heavy atom. The Morgan fingerprint density at radius 3 is 2.61 bits per heavy atom. The molecule has 0 spiro atoms. The van der Waals surface area contributed by atoms with Gasteiger partial charge in [-0.15, -0.1) is 11.3 Å². The minimum atomic E-state index is -1.01. The van der Waals surface area contributed by atoms with Gasteiger partial charge in [-0.05, 0) is 44.1 Å². The van der Waals surface area contributed by atoms with Crippen LogP contribution < -0.4 is 10.6 Å². The molecular formula is C27H34N6O4S. The summed E-state index contributed by atoms with van der Waals surface area (Å²) in [5, 5.41) is 19.7. The van der Waals surface area contributed by atoms with Gasteiger partial charge in [0.25, 0.3) is 0 Å². The molecule has 3 aromatic heterocycles. The maximum Gasteiger partial charge on any atom is 0.224 e. The zero-order valence-electron chi connectivity index (χ0n) is 21.5. The van der Waals surface area contributed by atoms with E-state index in [4.69, 9.17) is 4.74 Å². The summed E-state index contributed by atoms with van der Waals surface area (Å²) < 4.78 is 7.86. The van der Waals surface area contributed by atoms with Crippen LogP contribution in [0.1, 0.15) is 74.2 Å². The number of nitrogens with one attached hydrogen (secondary N) is 2. The SMILES string of the molecule is C[C@H]1O[C@@H](n2cnc3c(NC4CCCC4)ncnc32)[C@H](O)[C@H]1NC(=O)[C@@H]1CCCC[C@@H]1C(=O)c1cccs1. The number of ether oxygens (including phenoxy) is 1. The van der Waals surface area contributed by atoms with Crippen molar-refractivity contribution in [2.45, 2.75) is 88.8 Å².